The summed E-state index contributed by atoms with van der Waals surface area (Å²) >= 11 is 12.4. The summed E-state index contributed by atoms with van der Waals surface area (Å²) < 4.78 is 4.81. The molecule has 5 N–H and O–H groups in total. The van der Waals surface area contributed by atoms with E-state index >= 15 is 0 Å². The van der Waals surface area contributed by atoms with Crippen LogP contribution < -0.4 is 16.4 Å². The molecule has 1 aliphatic heterocycles. The Bertz CT molecular complexity index is 523. The monoisotopic (exact) mass is 363 g/mol. The minimum atomic E-state index is -0.475. The van der Waals surface area contributed by atoms with Crippen LogP contribution in [0, 0.1) is 11.8 Å². The van der Waals surface area contributed by atoms with Crippen molar-refractivity contribution in [2.45, 2.75) is 48.6 Å². The fourth-order valence-electron chi connectivity index (χ4n) is 3.72. The fraction of sp³-hybridized carbons (Fsp3) is 0.857. The van der Waals surface area contributed by atoms with Crippen LogP contribution in [0.3, 0.4) is 0 Å². The van der Waals surface area contributed by atoms with Crippen LogP contribution in [0.1, 0.15) is 25.7 Å². The highest BCUT2D eigenvalue weighted by atomic mass is 35.5. The van der Waals surface area contributed by atoms with Gasteiger partial charge in [0, 0.05) is 25.0 Å². The first kappa shape index (κ1) is 17.1. The zero-order chi connectivity index (χ0) is 16.6. The van der Waals surface area contributed by atoms with Gasteiger partial charge in [0.1, 0.15) is 0 Å². The average Bonchev–Trinajstić information content (AvgIpc) is 2.97. The highest BCUT2D eigenvalue weighted by molar-refractivity contribution is 6.30. The Morgan fingerprint density at radius 2 is 1.87 bits per heavy atom. The van der Waals surface area contributed by atoms with Gasteiger partial charge in [-0.25, -0.2) is 0 Å². The Balaban J connectivity index is 1.56. The smallest absolute Gasteiger partial charge is 0.320 e. The first-order chi connectivity index (χ1) is 11.0. The van der Waals surface area contributed by atoms with Crippen LogP contribution in [-0.2, 0) is 0 Å². The van der Waals surface area contributed by atoms with Crippen LogP contribution in [0.25, 0.3) is 0 Å². The molecule has 0 radical (unpaired) electrons. The van der Waals surface area contributed by atoms with E-state index in [2.05, 4.69) is 10.1 Å². The van der Waals surface area contributed by atoms with Gasteiger partial charge < -0.3 is 26.0 Å². The van der Waals surface area contributed by atoms with E-state index in [0.717, 1.165) is 25.9 Å². The van der Waals surface area contributed by atoms with Gasteiger partial charge in [-0.3, -0.25) is 0 Å². The number of hydrogen-bond acceptors (Lipinski definition) is 7. The highest BCUT2D eigenvalue weighted by Crippen LogP contribution is 2.37. The molecule has 130 valence electrons. The number of alkyl halides is 2. The first-order valence-electron chi connectivity index (χ1n) is 8.01. The van der Waals surface area contributed by atoms with Crippen molar-refractivity contribution >= 4 is 35.2 Å². The zero-order valence-electron chi connectivity index (χ0n) is 12.8. The van der Waals surface area contributed by atoms with Gasteiger partial charge in [-0.2, -0.15) is 4.98 Å². The highest BCUT2D eigenvalue weighted by Gasteiger charge is 2.40. The summed E-state index contributed by atoms with van der Waals surface area (Å²) in [5.41, 5.74) is 11.9. The SMILES string of the molecule is Nc1nc(N2CCC([C@@H](N)C3CC(Cl)C(Cl)CC3O)CC2)no1. The number of aromatic nitrogens is 2. The van der Waals surface area contributed by atoms with E-state index in [0.29, 0.717) is 24.7 Å². The molecule has 0 amide bonds. The minimum Gasteiger partial charge on any atom is -0.393 e. The van der Waals surface area contributed by atoms with E-state index in [9.17, 15) is 5.11 Å². The molecule has 1 aliphatic carbocycles. The van der Waals surface area contributed by atoms with Gasteiger partial charge in [0.25, 0.3) is 5.95 Å². The molecule has 1 aromatic heterocycles. The van der Waals surface area contributed by atoms with Gasteiger partial charge in [0.2, 0.25) is 0 Å². The van der Waals surface area contributed by atoms with Crippen LogP contribution in [0.15, 0.2) is 4.52 Å². The quantitative estimate of drug-likeness (QED) is 0.690. The van der Waals surface area contributed by atoms with E-state index in [1.54, 1.807) is 0 Å². The van der Waals surface area contributed by atoms with E-state index in [1.807, 2.05) is 4.90 Å². The van der Waals surface area contributed by atoms with Crippen LogP contribution in [0.4, 0.5) is 12.0 Å². The van der Waals surface area contributed by atoms with Crippen LogP contribution in [0.5, 0.6) is 0 Å². The van der Waals surface area contributed by atoms with E-state index < -0.39 is 6.10 Å². The lowest BCUT2D eigenvalue weighted by molar-refractivity contribution is 0.0434. The Hall–Kier alpha value is -0.760. The molecular weight excluding hydrogens is 341 g/mol. The summed E-state index contributed by atoms with van der Waals surface area (Å²) in [5, 5.41) is 13.8. The predicted octanol–water partition coefficient (Wildman–Crippen LogP) is 1.18. The van der Waals surface area contributed by atoms with Crippen LogP contribution in [0.2, 0.25) is 0 Å². The molecule has 0 bridgehead atoms. The molecule has 1 saturated carbocycles. The fourth-order valence-corrected chi connectivity index (χ4v) is 4.31. The molecule has 2 heterocycles. The second kappa shape index (κ2) is 7.01. The molecule has 0 spiro atoms. The Morgan fingerprint density at radius 3 is 2.48 bits per heavy atom. The number of piperidine rings is 1. The first-order valence-corrected chi connectivity index (χ1v) is 8.89. The Labute approximate surface area is 145 Å². The summed E-state index contributed by atoms with van der Waals surface area (Å²) in [7, 11) is 0. The zero-order valence-corrected chi connectivity index (χ0v) is 14.3. The van der Waals surface area contributed by atoms with Crippen molar-refractivity contribution in [1.82, 2.24) is 10.1 Å². The molecule has 0 aromatic carbocycles. The maximum Gasteiger partial charge on any atom is 0.320 e. The third-order valence-corrected chi connectivity index (χ3v) is 6.24. The maximum absolute atomic E-state index is 10.3. The third kappa shape index (κ3) is 3.68. The van der Waals surface area contributed by atoms with Crippen molar-refractivity contribution in [3.05, 3.63) is 0 Å². The van der Waals surface area contributed by atoms with Crippen LogP contribution >= 0.6 is 23.2 Å². The number of anilines is 2. The number of aliphatic hydroxyl groups is 1. The summed E-state index contributed by atoms with van der Waals surface area (Å²) in [4.78, 5) is 6.09. The molecule has 23 heavy (non-hydrogen) atoms. The van der Waals surface area contributed by atoms with E-state index in [4.69, 9.17) is 39.2 Å². The summed E-state index contributed by atoms with van der Waals surface area (Å²) in [6.07, 6.45) is 2.53. The largest absolute Gasteiger partial charge is 0.393 e. The molecule has 7 nitrogen and oxygen atoms in total. The van der Waals surface area contributed by atoms with E-state index in [1.165, 1.54) is 0 Å². The summed E-state index contributed by atoms with van der Waals surface area (Å²) in [6, 6.07) is 0.000778. The maximum atomic E-state index is 10.3. The van der Waals surface area contributed by atoms with Crippen molar-refractivity contribution in [2.24, 2.45) is 17.6 Å². The van der Waals surface area contributed by atoms with Gasteiger partial charge in [0.05, 0.1) is 16.9 Å². The third-order valence-electron chi connectivity index (χ3n) is 5.14. The molecule has 2 fully saturated rings. The van der Waals surface area contributed by atoms with Gasteiger partial charge in [-0.1, -0.05) is 0 Å². The predicted molar refractivity (Wildman–Crippen MR) is 89.6 cm³/mol. The number of nitrogens with two attached hydrogens (primary N) is 2. The second-order valence-corrected chi connectivity index (χ2v) is 7.69. The number of nitrogens with zero attached hydrogens (tertiary/aromatic N) is 3. The number of halogens is 2. The molecule has 9 heteroatoms. The van der Waals surface area contributed by atoms with Crippen molar-refractivity contribution in [3.8, 4) is 0 Å². The molecule has 2 aliphatic rings. The summed E-state index contributed by atoms with van der Waals surface area (Å²) in [6.45, 7) is 1.59. The van der Waals surface area contributed by atoms with Gasteiger partial charge in [-0.05, 0) is 36.8 Å². The average molecular weight is 364 g/mol. The van der Waals surface area contributed by atoms with Crippen molar-refractivity contribution in [2.75, 3.05) is 23.7 Å². The number of hydrogen-bond donors (Lipinski definition) is 3. The van der Waals surface area contributed by atoms with Gasteiger partial charge in [-0.15, -0.1) is 23.2 Å². The van der Waals surface area contributed by atoms with Gasteiger partial charge in [0.15, 0.2) is 0 Å². The minimum absolute atomic E-state index is 0.00451. The molecule has 1 aromatic rings. The Morgan fingerprint density at radius 1 is 1.22 bits per heavy atom. The number of rotatable bonds is 3. The number of nitrogen functional groups attached to an aromatic ring is 1. The van der Waals surface area contributed by atoms with E-state index in [-0.39, 0.29) is 28.7 Å². The summed E-state index contributed by atoms with van der Waals surface area (Å²) in [5.74, 6) is 0.869. The van der Waals surface area contributed by atoms with Gasteiger partial charge >= 0.3 is 6.01 Å². The lowest BCUT2D eigenvalue weighted by Gasteiger charge is -2.42. The normalized spacial score (nSPS) is 34.5. The van der Waals surface area contributed by atoms with Crippen molar-refractivity contribution in [3.63, 3.8) is 0 Å². The van der Waals surface area contributed by atoms with Crippen LogP contribution in [-0.4, -0.2) is 51.2 Å². The van der Waals surface area contributed by atoms with Crippen molar-refractivity contribution in [1.29, 1.82) is 0 Å². The lowest BCUT2D eigenvalue weighted by Crippen LogP contribution is -2.51. The molecule has 1 saturated heterocycles. The molecule has 5 atom stereocenters. The standard InChI is InChI=1S/C14H23Cl2N5O2/c15-9-5-8(11(22)6-10(9)16)12(17)7-1-3-21(4-2-7)14-19-13(18)23-20-14/h7-12,22H,1-6,17H2,(H2,18,19,20)/t8?,9?,10?,11?,12-/m1/s1. The molecule has 3 rings (SSSR count). The Kier molecular flexibility index (Phi) is 5.20. The second-order valence-electron chi connectivity index (χ2n) is 6.57. The lowest BCUT2D eigenvalue weighted by atomic mass is 9.74. The molecular formula is C14H23Cl2N5O2. The van der Waals surface area contributed by atoms with Crippen molar-refractivity contribution < 1.29 is 9.63 Å². The molecule has 4 unspecified atom stereocenters. The topological polar surface area (TPSA) is 114 Å². The number of aliphatic hydroxyl groups excluding tert-OH is 1.